The molecule has 1 aliphatic carbocycles. The molecule has 0 amide bonds. The van der Waals surface area contributed by atoms with Gasteiger partial charge in [-0.05, 0) is 18.4 Å². The van der Waals surface area contributed by atoms with Crippen LogP contribution in [0.2, 0.25) is 0 Å². The molecule has 0 aliphatic heterocycles. The summed E-state index contributed by atoms with van der Waals surface area (Å²) in [6.07, 6.45) is 5.57. The molecule has 0 unspecified atom stereocenters. The van der Waals surface area contributed by atoms with Crippen molar-refractivity contribution in [3.8, 4) is 11.8 Å². The van der Waals surface area contributed by atoms with Gasteiger partial charge < -0.3 is 0 Å². The first kappa shape index (κ1) is 5.44. The van der Waals surface area contributed by atoms with Crippen molar-refractivity contribution in [1.29, 1.82) is 0 Å². The molecule has 0 bridgehead atoms. The van der Waals surface area contributed by atoms with Crippen molar-refractivity contribution in [3.63, 3.8) is 0 Å². The van der Waals surface area contributed by atoms with Crippen molar-refractivity contribution in [3.05, 3.63) is 11.6 Å². The molecular weight excluding hydrogens is 96.1 g/mol. The van der Waals surface area contributed by atoms with Crippen LogP contribution in [-0.2, 0) is 0 Å². The van der Waals surface area contributed by atoms with Crippen LogP contribution >= 0.6 is 0 Å². The van der Waals surface area contributed by atoms with Gasteiger partial charge in [-0.3, -0.25) is 0 Å². The maximum Gasteiger partial charge on any atom is 0.0139 e. The zero-order valence-electron chi connectivity index (χ0n) is 5.20. The molecule has 8 heavy (non-hydrogen) atoms. The average molecular weight is 106 g/mol. The normalized spacial score (nSPS) is 20.9. The molecule has 1 rings (SSSR count). The molecule has 0 aromatic heterocycles. The van der Waals surface area contributed by atoms with E-state index in [1.807, 2.05) is 0 Å². The zero-order chi connectivity index (χ0) is 5.82. The highest BCUT2D eigenvalue weighted by molar-refractivity contribution is 5.33. The van der Waals surface area contributed by atoms with Gasteiger partial charge in [0.2, 0.25) is 0 Å². The summed E-state index contributed by atoms with van der Waals surface area (Å²) >= 11 is 0. The Morgan fingerprint density at radius 2 is 2.62 bits per heavy atom. The molecule has 1 aliphatic rings. The van der Waals surface area contributed by atoms with Crippen molar-refractivity contribution < 1.29 is 0 Å². The second-order valence-electron chi connectivity index (χ2n) is 1.94. The van der Waals surface area contributed by atoms with Gasteiger partial charge in [0, 0.05) is 6.42 Å². The Morgan fingerprint density at radius 3 is 3.12 bits per heavy atom. The highest BCUT2D eigenvalue weighted by atomic mass is 14.0. The standard InChI is InChI=1S/C8H10/c1-2-5-8-6-3-4-7-8/h5H,2-3,6H2,1H3/b8-5-. The van der Waals surface area contributed by atoms with Crippen LogP contribution in [0.1, 0.15) is 26.2 Å². The fraction of sp³-hybridized carbons (Fsp3) is 0.500. The Labute approximate surface area is 50.6 Å². The summed E-state index contributed by atoms with van der Waals surface area (Å²) in [5.74, 6) is 6.11. The summed E-state index contributed by atoms with van der Waals surface area (Å²) in [6.45, 7) is 2.15. The molecular formula is C8H10. The Bertz CT molecular complexity index is 153. The van der Waals surface area contributed by atoms with Gasteiger partial charge in [-0.2, -0.15) is 0 Å². The summed E-state index contributed by atoms with van der Waals surface area (Å²) in [6, 6.07) is 0. The third kappa shape index (κ3) is 1.13. The van der Waals surface area contributed by atoms with Crippen LogP contribution in [0.3, 0.4) is 0 Å². The van der Waals surface area contributed by atoms with Gasteiger partial charge in [-0.25, -0.2) is 0 Å². The van der Waals surface area contributed by atoms with Crippen molar-refractivity contribution in [1.82, 2.24) is 0 Å². The third-order valence-electron chi connectivity index (χ3n) is 1.22. The van der Waals surface area contributed by atoms with E-state index in [0.717, 1.165) is 19.3 Å². The monoisotopic (exact) mass is 106 g/mol. The fourth-order valence-electron chi connectivity index (χ4n) is 0.835. The molecule has 0 aromatic carbocycles. The van der Waals surface area contributed by atoms with Gasteiger partial charge in [-0.1, -0.05) is 24.8 Å². The molecule has 0 saturated heterocycles. The molecule has 0 heterocycles. The molecule has 42 valence electrons. The van der Waals surface area contributed by atoms with Crippen molar-refractivity contribution in [2.75, 3.05) is 0 Å². The molecule has 0 spiro atoms. The molecule has 0 nitrogen and oxygen atoms in total. The first-order valence-corrected chi connectivity index (χ1v) is 3.11. The van der Waals surface area contributed by atoms with Crippen molar-refractivity contribution in [2.24, 2.45) is 0 Å². The quantitative estimate of drug-likeness (QED) is 0.449. The van der Waals surface area contributed by atoms with E-state index in [0.29, 0.717) is 0 Å². The van der Waals surface area contributed by atoms with Crippen molar-refractivity contribution >= 4 is 0 Å². The molecule has 0 saturated carbocycles. The lowest BCUT2D eigenvalue weighted by atomic mass is 10.2. The lowest BCUT2D eigenvalue weighted by Crippen LogP contribution is -1.69. The third-order valence-corrected chi connectivity index (χ3v) is 1.22. The van der Waals surface area contributed by atoms with E-state index in [1.165, 1.54) is 5.57 Å². The second-order valence-corrected chi connectivity index (χ2v) is 1.94. The fourth-order valence-corrected chi connectivity index (χ4v) is 0.835. The first-order chi connectivity index (χ1) is 3.93. The minimum Gasteiger partial charge on any atom is -0.0979 e. The van der Waals surface area contributed by atoms with Crippen LogP contribution in [0.5, 0.6) is 0 Å². The minimum atomic E-state index is 1.08. The maximum atomic E-state index is 3.07. The molecule has 0 aromatic rings. The summed E-state index contributed by atoms with van der Waals surface area (Å²) in [5, 5.41) is 0. The Balaban J connectivity index is 2.51. The Morgan fingerprint density at radius 1 is 1.75 bits per heavy atom. The lowest BCUT2D eigenvalue weighted by Gasteiger charge is -1.85. The number of hydrogen-bond acceptors (Lipinski definition) is 0. The van der Waals surface area contributed by atoms with Gasteiger partial charge >= 0.3 is 0 Å². The van der Waals surface area contributed by atoms with Crippen LogP contribution < -0.4 is 0 Å². The van der Waals surface area contributed by atoms with Gasteiger partial charge in [-0.15, -0.1) is 0 Å². The SMILES string of the molecule is CC/C=C1\C#CCC1. The van der Waals surface area contributed by atoms with E-state index in [1.54, 1.807) is 0 Å². The van der Waals surface area contributed by atoms with E-state index in [4.69, 9.17) is 0 Å². The summed E-state index contributed by atoms with van der Waals surface area (Å²) in [7, 11) is 0. The average Bonchev–Trinajstić information content (AvgIpc) is 2.19. The maximum absolute atomic E-state index is 3.07. The predicted octanol–water partition coefficient (Wildman–Crippen LogP) is 2.12. The van der Waals surface area contributed by atoms with Gasteiger partial charge in [0.05, 0.1) is 0 Å². The van der Waals surface area contributed by atoms with Crippen LogP contribution in [-0.4, -0.2) is 0 Å². The number of allylic oxidation sites excluding steroid dienone is 2. The zero-order valence-corrected chi connectivity index (χ0v) is 5.20. The largest absolute Gasteiger partial charge is 0.0979 e. The van der Waals surface area contributed by atoms with E-state index < -0.39 is 0 Å². The van der Waals surface area contributed by atoms with E-state index in [9.17, 15) is 0 Å². The number of rotatable bonds is 1. The molecule has 0 fully saturated rings. The van der Waals surface area contributed by atoms with Crippen LogP contribution in [0.4, 0.5) is 0 Å². The summed E-state index contributed by atoms with van der Waals surface area (Å²) in [5.41, 5.74) is 1.34. The minimum absolute atomic E-state index is 1.08. The topological polar surface area (TPSA) is 0 Å². The second kappa shape index (κ2) is 2.57. The molecule has 0 atom stereocenters. The first-order valence-electron chi connectivity index (χ1n) is 3.11. The molecule has 0 radical (unpaired) electrons. The van der Waals surface area contributed by atoms with E-state index in [2.05, 4.69) is 24.8 Å². The van der Waals surface area contributed by atoms with E-state index >= 15 is 0 Å². The van der Waals surface area contributed by atoms with Crippen LogP contribution in [0, 0.1) is 11.8 Å². The summed E-state index contributed by atoms with van der Waals surface area (Å²) in [4.78, 5) is 0. The molecule has 0 N–H and O–H groups in total. The summed E-state index contributed by atoms with van der Waals surface area (Å²) < 4.78 is 0. The van der Waals surface area contributed by atoms with Gasteiger partial charge in [0.25, 0.3) is 0 Å². The smallest absolute Gasteiger partial charge is 0.0139 e. The predicted molar refractivity (Wildman–Crippen MR) is 35.4 cm³/mol. The van der Waals surface area contributed by atoms with Crippen LogP contribution in [0.25, 0.3) is 0 Å². The van der Waals surface area contributed by atoms with E-state index in [-0.39, 0.29) is 0 Å². The molecule has 0 heteroatoms. The van der Waals surface area contributed by atoms with Crippen LogP contribution in [0.15, 0.2) is 11.6 Å². The van der Waals surface area contributed by atoms with Crippen molar-refractivity contribution in [2.45, 2.75) is 26.2 Å². The highest BCUT2D eigenvalue weighted by Gasteiger charge is 1.94. The Hall–Kier alpha value is -0.700. The van der Waals surface area contributed by atoms with Gasteiger partial charge in [0.15, 0.2) is 0 Å². The highest BCUT2D eigenvalue weighted by Crippen LogP contribution is 2.09. The lowest BCUT2D eigenvalue weighted by molar-refractivity contribution is 1.05. The Kier molecular flexibility index (Phi) is 1.75. The van der Waals surface area contributed by atoms with Gasteiger partial charge in [0.1, 0.15) is 0 Å². The number of hydrogen-bond donors (Lipinski definition) is 0.